The third-order valence-electron chi connectivity index (χ3n) is 2.08. The van der Waals surface area contributed by atoms with Gasteiger partial charge in [0.1, 0.15) is 11.8 Å². The standard InChI is InChI=1S/C11H7NO4/c13-11-8(5-6-12(14)15)7-16-10-4-2-1-3-9(10)11/h1-7H/b6-5+. The maximum Gasteiger partial charge on any atom is 0.235 e. The van der Waals surface area contributed by atoms with E-state index in [1.165, 1.54) is 6.26 Å². The van der Waals surface area contributed by atoms with Gasteiger partial charge in [0.2, 0.25) is 6.20 Å². The van der Waals surface area contributed by atoms with Crippen molar-refractivity contribution < 1.29 is 9.34 Å². The molecule has 0 radical (unpaired) electrons. The van der Waals surface area contributed by atoms with Gasteiger partial charge in [0.05, 0.1) is 15.9 Å². The van der Waals surface area contributed by atoms with Crippen LogP contribution in [-0.2, 0) is 0 Å². The minimum Gasteiger partial charge on any atom is -0.463 e. The molecule has 0 aliphatic rings. The number of benzene rings is 1. The molecule has 1 aromatic carbocycles. The van der Waals surface area contributed by atoms with Crippen molar-refractivity contribution in [3.63, 3.8) is 0 Å². The van der Waals surface area contributed by atoms with Crippen LogP contribution in [0.1, 0.15) is 5.56 Å². The van der Waals surface area contributed by atoms with Crippen molar-refractivity contribution in [2.75, 3.05) is 0 Å². The Morgan fingerprint density at radius 1 is 1.31 bits per heavy atom. The molecule has 0 fully saturated rings. The molecule has 5 nitrogen and oxygen atoms in total. The van der Waals surface area contributed by atoms with Crippen LogP contribution in [0.4, 0.5) is 0 Å². The molecule has 1 heterocycles. The fourth-order valence-corrected chi connectivity index (χ4v) is 1.35. The molecule has 0 aliphatic heterocycles. The lowest BCUT2D eigenvalue weighted by Crippen LogP contribution is -2.04. The lowest BCUT2D eigenvalue weighted by atomic mass is 10.2. The van der Waals surface area contributed by atoms with E-state index in [4.69, 9.17) is 4.42 Å². The normalized spacial score (nSPS) is 11.0. The molecule has 0 atom stereocenters. The van der Waals surface area contributed by atoms with Gasteiger partial charge in [-0.15, -0.1) is 0 Å². The Hall–Kier alpha value is -2.43. The summed E-state index contributed by atoms with van der Waals surface area (Å²) in [5.41, 5.74) is 0.348. The molecule has 0 saturated heterocycles. The van der Waals surface area contributed by atoms with Gasteiger partial charge in [-0.05, 0) is 12.1 Å². The Morgan fingerprint density at radius 3 is 2.81 bits per heavy atom. The molecule has 0 N–H and O–H groups in total. The summed E-state index contributed by atoms with van der Waals surface area (Å²) in [5, 5.41) is 10.5. The molecule has 0 bridgehead atoms. The number of fused-ring (bicyclic) bond motifs is 1. The number of nitro groups is 1. The van der Waals surface area contributed by atoms with E-state index >= 15 is 0 Å². The van der Waals surface area contributed by atoms with Crippen LogP contribution in [-0.4, -0.2) is 4.92 Å². The maximum atomic E-state index is 11.8. The van der Waals surface area contributed by atoms with E-state index < -0.39 is 4.92 Å². The van der Waals surface area contributed by atoms with Crippen LogP contribution < -0.4 is 5.43 Å². The molecule has 2 aromatic rings. The Labute approximate surface area is 89.8 Å². The van der Waals surface area contributed by atoms with Gasteiger partial charge in [0.15, 0.2) is 5.43 Å². The molecular formula is C11H7NO4. The van der Waals surface area contributed by atoms with E-state index in [9.17, 15) is 14.9 Å². The van der Waals surface area contributed by atoms with Crippen LogP contribution in [0.3, 0.4) is 0 Å². The van der Waals surface area contributed by atoms with Gasteiger partial charge in [-0.25, -0.2) is 0 Å². The molecule has 80 valence electrons. The fourth-order valence-electron chi connectivity index (χ4n) is 1.35. The first-order valence-electron chi connectivity index (χ1n) is 4.51. The molecular weight excluding hydrogens is 210 g/mol. The van der Waals surface area contributed by atoms with E-state index in [1.54, 1.807) is 24.3 Å². The van der Waals surface area contributed by atoms with Crippen molar-refractivity contribution in [1.82, 2.24) is 0 Å². The quantitative estimate of drug-likeness (QED) is 0.569. The van der Waals surface area contributed by atoms with Gasteiger partial charge in [-0.2, -0.15) is 0 Å². The number of nitrogens with zero attached hydrogens (tertiary/aromatic N) is 1. The number of hydrogen-bond donors (Lipinski definition) is 0. The number of para-hydroxylation sites is 1. The van der Waals surface area contributed by atoms with E-state index in [-0.39, 0.29) is 11.0 Å². The molecule has 5 heteroatoms. The highest BCUT2D eigenvalue weighted by atomic mass is 16.6. The Balaban J connectivity index is 2.61. The third kappa shape index (κ3) is 1.83. The van der Waals surface area contributed by atoms with E-state index in [0.29, 0.717) is 17.2 Å². The predicted molar refractivity (Wildman–Crippen MR) is 58.5 cm³/mol. The molecule has 0 saturated carbocycles. The largest absolute Gasteiger partial charge is 0.463 e. The van der Waals surface area contributed by atoms with Crippen LogP contribution in [0, 0.1) is 10.1 Å². The minimum atomic E-state index is -0.630. The lowest BCUT2D eigenvalue weighted by molar-refractivity contribution is -0.400. The van der Waals surface area contributed by atoms with Crippen LogP contribution in [0.2, 0.25) is 0 Å². The summed E-state index contributed by atoms with van der Waals surface area (Å²) in [4.78, 5) is 21.3. The van der Waals surface area contributed by atoms with Gasteiger partial charge in [0, 0.05) is 6.08 Å². The first-order valence-corrected chi connectivity index (χ1v) is 4.51. The van der Waals surface area contributed by atoms with Crippen molar-refractivity contribution >= 4 is 17.0 Å². The number of rotatable bonds is 2. The molecule has 0 spiro atoms. The summed E-state index contributed by atoms with van der Waals surface area (Å²) in [5.74, 6) is 0. The summed E-state index contributed by atoms with van der Waals surface area (Å²) in [7, 11) is 0. The first kappa shape index (κ1) is 10.1. The zero-order valence-electron chi connectivity index (χ0n) is 8.12. The highest BCUT2D eigenvalue weighted by molar-refractivity contribution is 5.78. The summed E-state index contributed by atoms with van der Waals surface area (Å²) in [6, 6.07) is 6.74. The minimum absolute atomic E-state index is 0.162. The van der Waals surface area contributed by atoms with Gasteiger partial charge < -0.3 is 4.42 Å². The first-order chi connectivity index (χ1) is 7.68. The highest BCUT2D eigenvalue weighted by Crippen LogP contribution is 2.10. The van der Waals surface area contributed by atoms with Gasteiger partial charge >= 0.3 is 0 Å². The molecule has 0 amide bonds. The fraction of sp³-hybridized carbons (Fsp3) is 0. The maximum absolute atomic E-state index is 11.8. The summed E-state index contributed by atoms with van der Waals surface area (Å²) >= 11 is 0. The Morgan fingerprint density at radius 2 is 2.06 bits per heavy atom. The third-order valence-corrected chi connectivity index (χ3v) is 2.08. The van der Waals surface area contributed by atoms with Crippen molar-refractivity contribution in [2.24, 2.45) is 0 Å². The molecule has 1 aromatic heterocycles. The summed E-state index contributed by atoms with van der Waals surface area (Å²) in [6.45, 7) is 0. The average molecular weight is 217 g/mol. The average Bonchev–Trinajstić information content (AvgIpc) is 2.28. The Bertz CT molecular complexity index is 627. The zero-order valence-corrected chi connectivity index (χ0v) is 8.12. The SMILES string of the molecule is O=c1c(/C=C/[N+](=O)[O-])coc2ccccc12. The van der Waals surface area contributed by atoms with E-state index in [0.717, 1.165) is 6.08 Å². The second kappa shape index (κ2) is 3.98. The van der Waals surface area contributed by atoms with E-state index in [2.05, 4.69) is 0 Å². The smallest absolute Gasteiger partial charge is 0.235 e. The lowest BCUT2D eigenvalue weighted by Gasteiger charge is -1.96. The van der Waals surface area contributed by atoms with Crippen molar-refractivity contribution in [1.29, 1.82) is 0 Å². The van der Waals surface area contributed by atoms with Gasteiger partial charge in [0.25, 0.3) is 0 Å². The second-order valence-electron chi connectivity index (χ2n) is 3.12. The topological polar surface area (TPSA) is 73.3 Å². The highest BCUT2D eigenvalue weighted by Gasteiger charge is 2.04. The predicted octanol–water partition coefficient (Wildman–Crippen LogP) is 2.04. The van der Waals surface area contributed by atoms with Crippen molar-refractivity contribution in [3.8, 4) is 0 Å². The molecule has 16 heavy (non-hydrogen) atoms. The number of hydrogen-bond acceptors (Lipinski definition) is 4. The summed E-state index contributed by atoms with van der Waals surface area (Å²) < 4.78 is 5.18. The van der Waals surface area contributed by atoms with Crippen molar-refractivity contribution in [3.05, 3.63) is 62.6 Å². The zero-order chi connectivity index (χ0) is 11.5. The second-order valence-corrected chi connectivity index (χ2v) is 3.12. The van der Waals surface area contributed by atoms with Gasteiger partial charge in [-0.1, -0.05) is 12.1 Å². The van der Waals surface area contributed by atoms with Crippen LogP contribution >= 0.6 is 0 Å². The summed E-state index contributed by atoms with van der Waals surface area (Å²) in [6.07, 6.45) is 3.05. The molecule has 0 aliphatic carbocycles. The molecule has 2 rings (SSSR count). The van der Waals surface area contributed by atoms with Gasteiger partial charge in [-0.3, -0.25) is 14.9 Å². The monoisotopic (exact) mass is 217 g/mol. The van der Waals surface area contributed by atoms with Crippen LogP contribution in [0.15, 0.2) is 45.9 Å². The van der Waals surface area contributed by atoms with E-state index in [1.807, 2.05) is 0 Å². The van der Waals surface area contributed by atoms with Crippen molar-refractivity contribution in [2.45, 2.75) is 0 Å². The van der Waals surface area contributed by atoms with Crippen LogP contribution in [0.5, 0.6) is 0 Å². The Kier molecular flexibility index (Phi) is 2.51. The molecule has 0 unspecified atom stereocenters. The van der Waals surface area contributed by atoms with Crippen LogP contribution in [0.25, 0.3) is 17.0 Å².